The summed E-state index contributed by atoms with van der Waals surface area (Å²) < 4.78 is 0. The molecule has 0 saturated heterocycles. The van der Waals surface area contributed by atoms with Gasteiger partial charge in [0.2, 0.25) is 0 Å². The Morgan fingerprint density at radius 3 is 2.25 bits per heavy atom. The topological polar surface area (TPSA) is 12.0 Å². The average molecular weight is 265 g/mol. The summed E-state index contributed by atoms with van der Waals surface area (Å²) in [5, 5.41) is 3.53. The summed E-state index contributed by atoms with van der Waals surface area (Å²) in [6.07, 6.45) is 4.20. The van der Waals surface area contributed by atoms with Gasteiger partial charge < -0.3 is 5.32 Å². The smallest absolute Gasteiger partial charge is 0.0205 e. The largest absolute Gasteiger partial charge is 0.313 e. The van der Waals surface area contributed by atoms with Crippen molar-refractivity contribution < 1.29 is 0 Å². The number of hydrogen-bond donors (Lipinski definition) is 1. The molecule has 1 N–H and O–H groups in total. The van der Waals surface area contributed by atoms with E-state index in [9.17, 15) is 0 Å². The number of rotatable bonds is 8. The Morgan fingerprint density at radius 1 is 0.950 bits per heavy atom. The highest BCUT2D eigenvalue weighted by molar-refractivity contribution is 5.20. The molecule has 104 valence electrons. The van der Waals surface area contributed by atoms with E-state index < -0.39 is 0 Å². The fourth-order valence-corrected chi connectivity index (χ4v) is 2.45. The second-order valence-corrected chi connectivity index (χ2v) is 5.08. The third-order valence-corrected chi connectivity index (χ3v) is 3.56. The monoisotopic (exact) mass is 265 g/mol. The van der Waals surface area contributed by atoms with Gasteiger partial charge in [-0.2, -0.15) is 0 Å². The Kier molecular flexibility index (Phi) is 6.07. The normalized spacial score (nSPS) is 12.0. The van der Waals surface area contributed by atoms with Crippen LogP contribution in [-0.4, -0.2) is 6.54 Å². The summed E-state index contributed by atoms with van der Waals surface area (Å²) in [4.78, 5) is 0. The molecule has 0 amide bonds. The van der Waals surface area contributed by atoms with Crippen molar-refractivity contribution in [1.29, 1.82) is 0 Å². The first-order valence-corrected chi connectivity index (χ1v) is 7.30. The fraction of sp³-hybridized carbons (Fsp3) is 0.263. The molecule has 0 heterocycles. The molecule has 2 aromatic rings. The van der Waals surface area contributed by atoms with Gasteiger partial charge in [-0.25, -0.2) is 0 Å². The van der Waals surface area contributed by atoms with Crippen LogP contribution in [0.25, 0.3) is 0 Å². The molecule has 0 aliphatic heterocycles. The van der Waals surface area contributed by atoms with E-state index in [0.29, 0.717) is 5.92 Å². The maximum Gasteiger partial charge on any atom is 0.0205 e. The lowest BCUT2D eigenvalue weighted by atomic mass is 9.92. The van der Waals surface area contributed by atoms with E-state index in [1.165, 1.54) is 11.1 Å². The Balaban J connectivity index is 1.79. The van der Waals surface area contributed by atoms with Crippen LogP contribution in [0.4, 0.5) is 0 Å². The van der Waals surface area contributed by atoms with Gasteiger partial charge >= 0.3 is 0 Å². The predicted octanol–water partition coefficient (Wildman–Crippen LogP) is 4.53. The van der Waals surface area contributed by atoms with Gasteiger partial charge in [-0.05, 0) is 36.4 Å². The SMILES string of the molecule is C=CCC(CCNCc1ccccc1)c1ccccc1. The van der Waals surface area contributed by atoms with Crippen LogP contribution in [0.1, 0.15) is 29.9 Å². The van der Waals surface area contributed by atoms with Gasteiger partial charge in [0, 0.05) is 6.54 Å². The summed E-state index contributed by atoms with van der Waals surface area (Å²) in [5.41, 5.74) is 2.75. The molecular weight excluding hydrogens is 242 g/mol. The highest BCUT2D eigenvalue weighted by Crippen LogP contribution is 2.23. The van der Waals surface area contributed by atoms with Gasteiger partial charge in [-0.15, -0.1) is 6.58 Å². The average Bonchev–Trinajstić information content (AvgIpc) is 2.52. The number of nitrogens with one attached hydrogen (secondary N) is 1. The molecule has 0 radical (unpaired) electrons. The van der Waals surface area contributed by atoms with Crippen LogP contribution in [0, 0.1) is 0 Å². The molecule has 1 nitrogen and oxygen atoms in total. The highest BCUT2D eigenvalue weighted by Gasteiger charge is 2.08. The van der Waals surface area contributed by atoms with E-state index in [-0.39, 0.29) is 0 Å². The first-order chi connectivity index (χ1) is 9.90. The van der Waals surface area contributed by atoms with Crippen molar-refractivity contribution in [3.63, 3.8) is 0 Å². The van der Waals surface area contributed by atoms with Crippen LogP contribution < -0.4 is 5.32 Å². The van der Waals surface area contributed by atoms with Crippen molar-refractivity contribution in [3.05, 3.63) is 84.4 Å². The molecule has 0 bridgehead atoms. The lowest BCUT2D eigenvalue weighted by Gasteiger charge is -2.16. The van der Waals surface area contributed by atoms with Gasteiger partial charge in [0.1, 0.15) is 0 Å². The number of hydrogen-bond acceptors (Lipinski definition) is 1. The molecule has 0 spiro atoms. The number of benzene rings is 2. The summed E-state index contributed by atoms with van der Waals surface area (Å²) >= 11 is 0. The lowest BCUT2D eigenvalue weighted by Crippen LogP contribution is -2.17. The summed E-state index contributed by atoms with van der Waals surface area (Å²) in [6.45, 7) is 5.85. The van der Waals surface area contributed by atoms with Crippen molar-refractivity contribution in [2.45, 2.75) is 25.3 Å². The zero-order chi connectivity index (χ0) is 14.0. The van der Waals surface area contributed by atoms with Gasteiger partial charge in [-0.1, -0.05) is 66.7 Å². The molecule has 1 atom stereocenters. The van der Waals surface area contributed by atoms with Crippen LogP contribution in [-0.2, 0) is 6.54 Å². The minimum atomic E-state index is 0.567. The van der Waals surface area contributed by atoms with Gasteiger partial charge in [0.15, 0.2) is 0 Å². The minimum absolute atomic E-state index is 0.567. The van der Waals surface area contributed by atoms with Gasteiger partial charge in [-0.3, -0.25) is 0 Å². The quantitative estimate of drug-likeness (QED) is 0.546. The van der Waals surface area contributed by atoms with Crippen molar-refractivity contribution in [2.24, 2.45) is 0 Å². The molecule has 0 aromatic heterocycles. The summed E-state index contributed by atoms with van der Waals surface area (Å²) in [6, 6.07) is 21.3. The first-order valence-electron chi connectivity index (χ1n) is 7.30. The molecule has 2 aromatic carbocycles. The molecule has 1 unspecified atom stereocenters. The maximum atomic E-state index is 3.88. The van der Waals surface area contributed by atoms with E-state index >= 15 is 0 Å². The van der Waals surface area contributed by atoms with Gasteiger partial charge in [0.25, 0.3) is 0 Å². The Hall–Kier alpha value is -1.86. The Morgan fingerprint density at radius 2 is 1.60 bits per heavy atom. The summed E-state index contributed by atoms with van der Waals surface area (Å²) in [7, 11) is 0. The molecule has 0 fully saturated rings. The van der Waals surface area contributed by atoms with Crippen LogP contribution in [0.3, 0.4) is 0 Å². The van der Waals surface area contributed by atoms with Crippen molar-refractivity contribution in [2.75, 3.05) is 6.54 Å². The van der Waals surface area contributed by atoms with E-state index in [4.69, 9.17) is 0 Å². The zero-order valence-electron chi connectivity index (χ0n) is 12.0. The van der Waals surface area contributed by atoms with E-state index in [0.717, 1.165) is 25.9 Å². The van der Waals surface area contributed by atoms with Crippen LogP contribution in [0.5, 0.6) is 0 Å². The van der Waals surface area contributed by atoms with Crippen molar-refractivity contribution >= 4 is 0 Å². The molecule has 0 aliphatic carbocycles. The second-order valence-electron chi connectivity index (χ2n) is 5.08. The second kappa shape index (κ2) is 8.34. The van der Waals surface area contributed by atoms with Crippen molar-refractivity contribution in [1.82, 2.24) is 5.32 Å². The molecule has 2 rings (SSSR count). The fourth-order valence-electron chi connectivity index (χ4n) is 2.45. The van der Waals surface area contributed by atoms with Gasteiger partial charge in [0.05, 0.1) is 0 Å². The molecular formula is C19H23N. The molecule has 20 heavy (non-hydrogen) atoms. The van der Waals surface area contributed by atoms with Crippen LogP contribution >= 0.6 is 0 Å². The Labute approximate surface area is 122 Å². The maximum absolute atomic E-state index is 3.88. The molecule has 1 heteroatoms. The third kappa shape index (κ3) is 4.67. The Bertz CT molecular complexity index is 490. The number of allylic oxidation sites excluding steroid dienone is 1. The van der Waals surface area contributed by atoms with E-state index in [2.05, 4.69) is 72.6 Å². The van der Waals surface area contributed by atoms with E-state index in [1.807, 2.05) is 6.08 Å². The highest BCUT2D eigenvalue weighted by atomic mass is 14.8. The predicted molar refractivity (Wildman–Crippen MR) is 86.8 cm³/mol. The van der Waals surface area contributed by atoms with Crippen LogP contribution in [0.2, 0.25) is 0 Å². The first kappa shape index (κ1) is 14.5. The minimum Gasteiger partial charge on any atom is -0.313 e. The third-order valence-electron chi connectivity index (χ3n) is 3.56. The van der Waals surface area contributed by atoms with E-state index in [1.54, 1.807) is 0 Å². The van der Waals surface area contributed by atoms with Crippen LogP contribution in [0.15, 0.2) is 73.3 Å². The van der Waals surface area contributed by atoms with Crippen molar-refractivity contribution in [3.8, 4) is 0 Å². The summed E-state index contributed by atoms with van der Waals surface area (Å²) in [5.74, 6) is 0.567. The zero-order valence-corrected chi connectivity index (χ0v) is 12.0. The lowest BCUT2D eigenvalue weighted by molar-refractivity contribution is 0.570. The molecule has 0 aliphatic rings. The molecule has 0 saturated carbocycles. The standard InChI is InChI=1S/C19H23N/c1-2-9-18(19-12-7-4-8-13-19)14-15-20-16-17-10-5-3-6-11-17/h2-8,10-13,18,20H,1,9,14-16H2.